The van der Waals surface area contributed by atoms with Gasteiger partial charge in [-0.1, -0.05) is 25.6 Å². The first-order valence-corrected chi connectivity index (χ1v) is 12.5. The van der Waals surface area contributed by atoms with Crippen molar-refractivity contribution in [2.45, 2.75) is 63.7 Å². The highest BCUT2D eigenvalue weighted by Crippen LogP contribution is 2.43. The van der Waals surface area contributed by atoms with Crippen LogP contribution in [0.3, 0.4) is 0 Å². The van der Waals surface area contributed by atoms with E-state index in [0.717, 1.165) is 43.5 Å². The summed E-state index contributed by atoms with van der Waals surface area (Å²) >= 11 is 3.18. The molecule has 4 rings (SSSR count). The molecule has 3 aromatic rings. The van der Waals surface area contributed by atoms with Crippen LogP contribution in [0, 0.1) is 0 Å². The monoisotopic (exact) mass is 462 g/mol. The number of rotatable bonds is 7. The summed E-state index contributed by atoms with van der Waals surface area (Å²) in [4.78, 5) is 15.8. The summed E-state index contributed by atoms with van der Waals surface area (Å²) in [7, 11) is 3.26. The third-order valence-corrected chi connectivity index (χ3v) is 7.22. The number of anilines is 1. The highest BCUT2D eigenvalue weighted by molar-refractivity contribution is 7.98. The lowest BCUT2D eigenvalue weighted by Gasteiger charge is -2.33. The minimum atomic E-state index is -0.353. The first-order chi connectivity index (χ1) is 14.8. The summed E-state index contributed by atoms with van der Waals surface area (Å²) in [6.45, 7) is 9.76. The zero-order chi connectivity index (χ0) is 22.3. The Kier molecular flexibility index (Phi) is 6.42. The maximum atomic E-state index is 6.16. The van der Waals surface area contributed by atoms with Gasteiger partial charge in [0.2, 0.25) is 0 Å². The van der Waals surface area contributed by atoms with Crippen LogP contribution in [0.1, 0.15) is 50.4 Å². The van der Waals surface area contributed by atoms with Crippen molar-refractivity contribution < 1.29 is 14.2 Å². The lowest BCUT2D eigenvalue weighted by molar-refractivity contribution is -0.0914. The molecule has 7 nitrogen and oxygen atoms in total. The van der Waals surface area contributed by atoms with Crippen molar-refractivity contribution in [2.75, 3.05) is 32.3 Å². The van der Waals surface area contributed by atoms with Crippen LogP contribution in [0.2, 0.25) is 0 Å². The Balaban J connectivity index is 1.96. The zero-order valence-electron chi connectivity index (χ0n) is 19.2. The molecule has 0 bridgehead atoms. The molecular formula is C22H30N4O3S2. The van der Waals surface area contributed by atoms with E-state index in [1.54, 1.807) is 25.6 Å². The van der Waals surface area contributed by atoms with Crippen molar-refractivity contribution in [3.05, 3.63) is 16.8 Å². The second-order valence-electron chi connectivity index (χ2n) is 8.63. The van der Waals surface area contributed by atoms with Crippen molar-refractivity contribution in [3.63, 3.8) is 0 Å². The molecule has 3 aromatic heterocycles. The highest BCUT2D eigenvalue weighted by Gasteiger charge is 2.32. The van der Waals surface area contributed by atoms with Gasteiger partial charge in [-0.25, -0.2) is 15.0 Å². The smallest absolute Gasteiger partial charge is 0.189 e. The van der Waals surface area contributed by atoms with Gasteiger partial charge >= 0.3 is 0 Å². The minimum Gasteiger partial charge on any atom is -0.370 e. The van der Waals surface area contributed by atoms with Crippen LogP contribution in [-0.4, -0.2) is 53.9 Å². The molecule has 0 amide bonds. The molecule has 0 radical (unpaired) electrons. The number of thiophene rings is 1. The third-order valence-electron chi connectivity index (χ3n) is 5.59. The van der Waals surface area contributed by atoms with E-state index in [0.29, 0.717) is 19.1 Å². The Morgan fingerprint density at radius 3 is 2.55 bits per heavy atom. The molecule has 4 heterocycles. The lowest BCUT2D eigenvalue weighted by atomic mass is 9.87. The summed E-state index contributed by atoms with van der Waals surface area (Å²) in [6.07, 6.45) is 2.48. The fourth-order valence-electron chi connectivity index (χ4n) is 4.01. The fourth-order valence-corrected chi connectivity index (χ4v) is 5.49. The van der Waals surface area contributed by atoms with Crippen LogP contribution in [0.25, 0.3) is 20.4 Å². The first kappa shape index (κ1) is 22.7. The Morgan fingerprint density at radius 1 is 1.16 bits per heavy atom. The van der Waals surface area contributed by atoms with Crippen LogP contribution < -0.4 is 5.32 Å². The normalized spacial score (nSPS) is 15.9. The molecule has 9 heteroatoms. The second-order valence-corrected chi connectivity index (χ2v) is 10.4. The summed E-state index contributed by atoms with van der Waals surface area (Å²) in [6, 6.07) is 0. The van der Waals surface area contributed by atoms with E-state index in [9.17, 15) is 0 Å². The molecule has 0 spiro atoms. The number of aromatic nitrogens is 3. The summed E-state index contributed by atoms with van der Waals surface area (Å²) < 4.78 is 17.8. The highest BCUT2D eigenvalue weighted by atomic mass is 32.2. The van der Waals surface area contributed by atoms with Crippen LogP contribution >= 0.6 is 23.1 Å². The molecule has 0 fully saturated rings. The van der Waals surface area contributed by atoms with E-state index in [1.807, 2.05) is 6.26 Å². The standard InChI is InChI=1S/C22H30N4O3S2/c1-11(2)16-13-10-29-22(3,4)8-12(13)15-17-18(31-20(15)24-16)19(26-21(25-17)30-7)23-9-14(27-5)28-6/h11,14H,8-10H2,1-7H3,(H,23,25,26). The number of ether oxygens (including phenoxy) is 3. The van der Waals surface area contributed by atoms with Crippen molar-refractivity contribution in [3.8, 4) is 0 Å². The zero-order valence-corrected chi connectivity index (χ0v) is 20.8. The topological polar surface area (TPSA) is 78.4 Å². The lowest BCUT2D eigenvalue weighted by Crippen LogP contribution is -2.33. The van der Waals surface area contributed by atoms with Crippen molar-refractivity contribution >= 4 is 49.3 Å². The Hall–Kier alpha value is -1.52. The fraction of sp³-hybridized carbons (Fsp3) is 0.591. The van der Waals surface area contributed by atoms with Gasteiger partial charge < -0.3 is 19.5 Å². The number of methoxy groups -OCH3 is 2. The number of hydrogen-bond donors (Lipinski definition) is 1. The quantitative estimate of drug-likeness (QED) is 0.300. The molecular weight excluding hydrogens is 432 g/mol. The van der Waals surface area contributed by atoms with Gasteiger partial charge in [-0.05, 0) is 31.6 Å². The number of pyridine rings is 1. The van der Waals surface area contributed by atoms with E-state index in [1.165, 1.54) is 22.9 Å². The van der Waals surface area contributed by atoms with Gasteiger partial charge in [0, 0.05) is 31.6 Å². The molecule has 168 valence electrons. The predicted octanol–water partition coefficient (Wildman–Crippen LogP) is 4.97. The van der Waals surface area contributed by atoms with Gasteiger partial charge in [0.25, 0.3) is 0 Å². The molecule has 0 aromatic carbocycles. The van der Waals surface area contributed by atoms with Gasteiger partial charge in [0.15, 0.2) is 11.4 Å². The summed E-state index contributed by atoms with van der Waals surface area (Å²) in [5.41, 5.74) is 4.41. The number of thioether (sulfide) groups is 1. The summed E-state index contributed by atoms with van der Waals surface area (Å²) in [5, 5.41) is 5.28. The van der Waals surface area contributed by atoms with Crippen molar-refractivity contribution in [1.29, 1.82) is 0 Å². The largest absolute Gasteiger partial charge is 0.370 e. The van der Waals surface area contributed by atoms with Crippen molar-refractivity contribution in [1.82, 2.24) is 15.0 Å². The molecule has 1 aliphatic rings. The third kappa shape index (κ3) is 4.26. The first-order valence-electron chi connectivity index (χ1n) is 10.4. The maximum Gasteiger partial charge on any atom is 0.189 e. The van der Waals surface area contributed by atoms with Gasteiger partial charge in [0.1, 0.15) is 10.6 Å². The number of nitrogens with one attached hydrogen (secondary N) is 1. The Morgan fingerprint density at radius 2 is 1.90 bits per heavy atom. The van der Waals surface area contributed by atoms with Crippen molar-refractivity contribution in [2.24, 2.45) is 0 Å². The number of nitrogens with zero attached hydrogens (tertiary/aromatic N) is 3. The Bertz CT molecular complexity index is 1110. The average Bonchev–Trinajstić information content (AvgIpc) is 3.11. The van der Waals surface area contributed by atoms with Crippen LogP contribution in [0.15, 0.2) is 5.16 Å². The SMILES string of the molecule is COC(CNc1nc(SC)nc2c1sc1nc(C(C)C)c3c(c12)CC(C)(C)OC3)OC. The molecule has 1 N–H and O–H groups in total. The molecule has 0 aliphatic carbocycles. The van der Waals surface area contributed by atoms with E-state index >= 15 is 0 Å². The maximum absolute atomic E-state index is 6.16. The second kappa shape index (κ2) is 8.78. The summed E-state index contributed by atoms with van der Waals surface area (Å²) in [5.74, 6) is 1.12. The van der Waals surface area contributed by atoms with Gasteiger partial charge in [-0.2, -0.15) is 0 Å². The van der Waals surface area contributed by atoms with Gasteiger partial charge in [0.05, 0.1) is 34.7 Å². The minimum absolute atomic E-state index is 0.218. The molecule has 0 unspecified atom stereocenters. The molecule has 0 atom stereocenters. The Labute approximate surface area is 191 Å². The number of fused-ring (bicyclic) bond motifs is 5. The van der Waals surface area contributed by atoms with E-state index in [-0.39, 0.29) is 11.9 Å². The van der Waals surface area contributed by atoms with Gasteiger partial charge in [-0.3, -0.25) is 0 Å². The molecule has 1 aliphatic heterocycles. The van der Waals surface area contributed by atoms with Gasteiger partial charge in [-0.15, -0.1) is 11.3 Å². The van der Waals surface area contributed by atoms with Crippen LogP contribution in [-0.2, 0) is 27.2 Å². The van der Waals surface area contributed by atoms with Crippen LogP contribution in [0.5, 0.6) is 0 Å². The predicted molar refractivity (Wildman–Crippen MR) is 127 cm³/mol. The average molecular weight is 463 g/mol. The molecule has 31 heavy (non-hydrogen) atoms. The van der Waals surface area contributed by atoms with E-state index in [4.69, 9.17) is 29.2 Å². The molecule has 0 saturated carbocycles. The van der Waals surface area contributed by atoms with E-state index < -0.39 is 0 Å². The number of hydrogen-bond acceptors (Lipinski definition) is 9. The van der Waals surface area contributed by atoms with E-state index in [2.05, 4.69) is 33.0 Å². The van der Waals surface area contributed by atoms with Crippen LogP contribution in [0.4, 0.5) is 5.82 Å². The molecule has 0 saturated heterocycles.